The molecule has 12 heavy (non-hydrogen) atoms. The van der Waals surface area contributed by atoms with Gasteiger partial charge in [-0.05, 0) is 19.9 Å². The molecule has 1 unspecified atom stereocenters. The fraction of sp³-hybridized carbons (Fsp3) is 0.556. The molecule has 1 aromatic rings. The number of rotatable bonds is 4. The van der Waals surface area contributed by atoms with Crippen LogP contribution in [0.3, 0.4) is 0 Å². The van der Waals surface area contributed by atoms with Crippen LogP contribution < -0.4 is 5.32 Å². The van der Waals surface area contributed by atoms with Gasteiger partial charge in [0, 0.05) is 18.2 Å². The first-order valence-electron chi connectivity index (χ1n) is 4.10. The molecule has 0 aliphatic rings. The predicted molar refractivity (Wildman–Crippen MR) is 46.8 cm³/mol. The molecule has 0 bridgehead atoms. The molecule has 1 atom stereocenters. The summed E-state index contributed by atoms with van der Waals surface area (Å²) in [6.07, 6.45) is 1.73. The van der Waals surface area contributed by atoms with Gasteiger partial charge in [0.25, 0.3) is 0 Å². The number of hydrogen-bond donors (Lipinski definition) is 2. The highest BCUT2D eigenvalue weighted by Gasteiger charge is 2.00. The highest BCUT2D eigenvalue weighted by Crippen LogP contribution is 2.05. The van der Waals surface area contributed by atoms with Gasteiger partial charge in [-0.2, -0.15) is 0 Å². The summed E-state index contributed by atoms with van der Waals surface area (Å²) < 4.78 is 5.13. The number of aryl methyl sites for hydroxylation is 1. The first kappa shape index (κ1) is 9.29. The largest absolute Gasteiger partial charge is 0.469 e. The van der Waals surface area contributed by atoms with Crippen LogP contribution >= 0.6 is 0 Å². The summed E-state index contributed by atoms with van der Waals surface area (Å²) in [7, 11) is 0. The minimum Gasteiger partial charge on any atom is -0.469 e. The van der Waals surface area contributed by atoms with E-state index in [0.717, 1.165) is 17.9 Å². The summed E-state index contributed by atoms with van der Waals surface area (Å²) in [5.41, 5.74) is 1.12. The lowest BCUT2D eigenvalue weighted by Crippen LogP contribution is -2.28. The van der Waals surface area contributed by atoms with E-state index in [1.165, 1.54) is 0 Å². The lowest BCUT2D eigenvalue weighted by atomic mass is 10.3. The number of hydrogen-bond acceptors (Lipinski definition) is 3. The lowest BCUT2D eigenvalue weighted by molar-refractivity contribution is 0.251. The standard InChI is InChI=1S/C9H15NO2/c1-7(5-11)10-4-9-3-8(2)12-6-9/h3,6-7,10-11H,4-5H2,1-2H3. The Morgan fingerprint density at radius 2 is 2.42 bits per heavy atom. The predicted octanol–water partition coefficient (Wildman–Crippen LogP) is 1.06. The van der Waals surface area contributed by atoms with Crippen molar-refractivity contribution in [1.29, 1.82) is 0 Å². The molecule has 0 spiro atoms. The smallest absolute Gasteiger partial charge is 0.101 e. The lowest BCUT2D eigenvalue weighted by Gasteiger charge is -2.08. The second-order valence-electron chi connectivity index (χ2n) is 3.03. The van der Waals surface area contributed by atoms with Crippen molar-refractivity contribution >= 4 is 0 Å². The van der Waals surface area contributed by atoms with Crippen LogP contribution in [-0.4, -0.2) is 17.8 Å². The Kier molecular flexibility index (Phi) is 3.31. The first-order chi connectivity index (χ1) is 5.72. The number of nitrogens with one attached hydrogen (secondary N) is 1. The van der Waals surface area contributed by atoms with E-state index in [1.807, 2.05) is 19.9 Å². The second kappa shape index (κ2) is 4.28. The maximum absolute atomic E-state index is 8.73. The Balaban J connectivity index is 2.33. The summed E-state index contributed by atoms with van der Waals surface area (Å²) in [6, 6.07) is 2.12. The molecule has 1 heterocycles. The molecule has 3 heteroatoms. The summed E-state index contributed by atoms with van der Waals surface area (Å²) in [6.45, 7) is 4.77. The molecule has 0 amide bonds. The van der Waals surface area contributed by atoms with Crippen LogP contribution in [0.1, 0.15) is 18.2 Å². The Bertz CT molecular complexity index is 232. The molecular formula is C9H15NO2. The molecule has 2 N–H and O–H groups in total. The molecule has 0 aromatic carbocycles. The SMILES string of the molecule is Cc1cc(CNC(C)CO)co1. The van der Waals surface area contributed by atoms with Gasteiger partial charge in [-0.15, -0.1) is 0 Å². The van der Waals surface area contributed by atoms with Gasteiger partial charge in [-0.1, -0.05) is 0 Å². The number of aliphatic hydroxyl groups excluding tert-OH is 1. The zero-order chi connectivity index (χ0) is 8.97. The molecule has 1 rings (SSSR count). The summed E-state index contributed by atoms with van der Waals surface area (Å²) in [4.78, 5) is 0. The molecular weight excluding hydrogens is 154 g/mol. The van der Waals surface area contributed by atoms with E-state index in [4.69, 9.17) is 9.52 Å². The fourth-order valence-electron chi connectivity index (χ4n) is 0.947. The van der Waals surface area contributed by atoms with Gasteiger partial charge in [0.1, 0.15) is 5.76 Å². The topological polar surface area (TPSA) is 45.4 Å². The van der Waals surface area contributed by atoms with Crippen LogP contribution in [0.4, 0.5) is 0 Å². The van der Waals surface area contributed by atoms with Crippen molar-refractivity contribution in [2.75, 3.05) is 6.61 Å². The van der Waals surface area contributed by atoms with Crippen LogP contribution in [0, 0.1) is 6.92 Å². The maximum atomic E-state index is 8.73. The zero-order valence-corrected chi connectivity index (χ0v) is 7.50. The van der Waals surface area contributed by atoms with Crippen LogP contribution in [-0.2, 0) is 6.54 Å². The van der Waals surface area contributed by atoms with Gasteiger partial charge in [-0.3, -0.25) is 0 Å². The van der Waals surface area contributed by atoms with E-state index >= 15 is 0 Å². The van der Waals surface area contributed by atoms with Gasteiger partial charge >= 0.3 is 0 Å². The van der Waals surface area contributed by atoms with Gasteiger partial charge < -0.3 is 14.8 Å². The minimum absolute atomic E-state index is 0.139. The molecule has 1 aromatic heterocycles. The van der Waals surface area contributed by atoms with E-state index in [-0.39, 0.29) is 12.6 Å². The summed E-state index contributed by atoms with van der Waals surface area (Å²) in [5.74, 6) is 0.920. The van der Waals surface area contributed by atoms with Crippen molar-refractivity contribution in [3.05, 3.63) is 23.7 Å². The monoisotopic (exact) mass is 169 g/mol. The molecule has 0 saturated carbocycles. The third kappa shape index (κ3) is 2.68. The minimum atomic E-state index is 0.139. The summed E-state index contributed by atoms with van der Waals surface area (Å²) >= 11 is 0. The van der Waals surface area contributed by atoms with Crippen molar-refractivity contribution in [3.63, 3.8) is 0 Å². The summed E-state index contributed by atoms with van der Waals surface area (Å²) in [5, 5.41) is 11.9. The van der Waals surface area contributed by atoms with Crippen molar-refractivity contribution in [2.24, 2.45) is 0 Å². The molecule has 0 saturated heterocycles. The average molecular weight is 169 g/mol. The zero-order valence-electron chi connectivity index (χ0n) is 7.50. The molecule has 0 aliphatic heterocycles. The Hall–Kier alpha value is -0.800. The number of furan rings is 1. The van der Waals surface area contributed by atoms with Gasteiger partial charge in [0.15, 0.2) is 0 Å². The van der Waals surface area contributed by atoms with Crippen LogP contribution in [0.25, 0.3) is 0 Å². The van der Waals surface area contributed by atoms with Crippen LogP contribution in [0.5, 0.6) is 0 Å². The maximum Gasteiger partial charge on any atom is 0.101 e. The second-order valence-corrected chi connectivity index (χ2v) is 3.03. The van der Waals surface area contributed by atoms with Crippen LogP contribution in [0.15, 0.2) is 16.7 Å². The van der Waals surface area contributed by atoms with E-state index in [0.29, 0.717) is 0 Å². The Labute approximate surface area is 72.4 Å². The van der Waals surface area contributed by atoms with Gasteiger partial charge in [0.05, 0.1) is 12.9 Å². The van der Waals surface area contributed by atoms with Crippen molar-refractivity contribution in [2.45, 2.75) is 26.4 Å². The molecule has 68 valence electrons. The highest BCUT2D eigenvalue weighted by molar-refractivity contribution is 5.11. The van der Waals surface area contributed by atoms with Crippen molar-refractivity contribution in [1.82, 2.24) is 5.32 Å². The van der Waals surface area contributed by atoms with E-state index in [2.05, 4.69) is 5.32 Å². The van der Waals surface area contributed by atoms with E-state index in [1.54, 1.807) is 6.26 Å². The Morgan fingerprint density at radius 3 is 2.92 bits per heavy atom. The highest BCUT2D eigenvalue weighted by atomic mass is 16.3. The normalized spacial score (nSPS) is 13.2. The van der Waals surface area contributed by atoms with Crippen molar-refractivity contribution in [3.8, 4) is 0 Å². The number of aliphatic hydroxyl groups is 1. The van der Waals surface area contributed by atoms with Gasteiger partial charge in [0.2, 0.25) is 0 Å². The molecule has 0 radical (unpaired) electrons. The van der Waals surface area contributed by atoms with E-state index < -0.39 is 0 Å². The Morgan fingerprint density at radius 1 is 1.67 bits per heavy atom. The third-order valence-corrected chi connectivity index (χ3v) is 1.71. The molecule has 0 aliphatic carbocycles. The van der Waals surface area contributed by atoms with E-state index in [9.17, 15) is 0 Å². The third-order valence-electron chi connectivity index (χ3n) is 1.71. The van der Waals surface area contributed by atoms with Gasteiger partial charge in [-0.25, -0.2) is 0 Å². The average Bonchev–Trinajstić information content (AvgIpc) is 2.47. The van der Waals surface area contributed by atoms with Crippen LogP contribution in [0.2, 0.25) is 0 Å². The molecule has 0 fully saturated rings. The quantitative estimate of drug-likeness (QED) is 0.708. The van der Waals surface area contributed by atoms with Crippen molar-refractivity contribution < 1.29 is 9.52 Å². The first-order valence-corrected chi connectivity index (χ1v) is 4.10. The fourth-order valence-corrected chi connectivity index (χ4v) is 0.947. The molecule has 3 nitrogen and oxygen atoms in total.